The lowest BCUT2D eigenvalue weighted by Crippen LogP contribution is -2.17. The number of amides is 1. The first kappa shape index (κ1) is 25.6. The number of rotatable bonds is 6. The van der Waals surface area contributed by atoms with Gasteiger partial charge in [0, 0.05) is 40.9 Å². The van der Waals surface area contributed by atoms with Crippen molar-refractivity contribution in [3.05, 3.63) is 92.7 Å². The first-order chi connectivity index (χ1) is 16.4. The van der Waals surface area contributed by atoms with Crippen LogP contribution in [0.2, 0.25) is 10.0 Å². The average molecular weight is 562 g/mol. The van der Waals surface area contributed by atoms with Crippen LogP contribution in [0.4, 0.5) is 24.5 Å². The van der Waals surface area contributed by atoms with Crippen LogP contribution in [0.1, 0.15) is 27.4 Å². The molecule has 0 spiro atoms. The van der Waals surface area contributed by atoms with E-state index in [2.05, 4.69) is 5.32 Å². The molecule has 3 aromatic rings. The number of ketones is 1. The van der Waals surface area contributed by atoms with E-state index in [1.54, 1.807) is 0 Å². The number of halogens is 7. The standard InChI is InChI=1S/C24H15Cl4F3N2O2/c25-15-3-2-12(8-13(15)20(34)9-14-18(31)6-11(29)7-19(14)32)33-23(35)22-21(24(22,27)28)10-1-4-17(30)16(26)5-10/h1-8,21-22H,9,32H2,(H,33,35)/t21-,22+/m0/s1. The number of nitrogens with two attached hydrogens (primary N) is 1. The molecule has 0 aromatic heterocycles. The predicted molar refractivity (Wildman–Crippen MR) is 131 cm³/mol. The van der Waals surface area contributed by atoms with Crippen molar-refractivity contribution in [2.45, 2.75) is 16.7 Å². The van der Waals surface area contributed by atoms with Crippen molar-refractivity contribution in [2.24, 2.45) is 5.92 Å². The van der Waals surface area contributed by atoms with E-state index in [0.717, 1.165) is 12.1 Å². The highest BCUT2D eigenvalue weighted by Gasteiger charge is 2.67. The van der Waals surface area contributed by atoms with Crippen molar-refractivity contribution in [1.29, 1.82) is 0 Å². The largest absolute Gasteiger partial charge is 0.398 e. The van der Waals surface area contributed by atoms with Gasteiger partial charge in [-0.2, -0.15) is 0 Å². The van der Waals surface area contributed by atoms with Crippen LogP contribution in [0.3, 0.4) is 0 Å². The van der Waals surface area contributed by atoms with Gasteiger partial charge in [-0.3, -0.25) is 9.59 Å². The van der Waals surface area contributed by atoms with E-state index >= 15 is 0 Å². The first-order valence-corrected chi connectivity index (χ1v) is 11.6. The van der Waals surface area contributed by atoms with Crippen LogP contribution in [0, 0.1) is 23.4 Å². The van der Waals surface area contributed by atoms with Gasteiger partial charge in [0.2, 0.25) is 5.91 Å². The Balaban J connectivity index is 1.52. The lowest BCUT2D eigenvalue weighted by molar-refractivity contribution is -0.117. The van der Waals surface area contributed by atoms with E-state index < -0.39 is 51.7 Å². The number of hydrogen-bond acceptors (Lipinski definition) is 3. The van der Waals surface area contributed by atoms with E-state index in [0.29, 0.717) is 11.6 Å². The monoisotopic (exact) mass is 560 g/mol. The van der Waals surface area contributed by atoms with Crippen molar-refractivity contribution < 1.29 is 22.8 Å². The second-order valence-corrected chi connectivity index (χ2v) is 10.3. The summed E-state index contributed by atoms with van der Waals surface area (Å²) in [5.74, 6) is -5.11. The van der Waals surface area contributed by atoms with Gasteiger partial charge in [0.1, 0.15) is 21.8 Å². The van der Waals surface area contributed by atoms with Gasteiger partial charge >= 0.3 is 0 Å². The summed E-state index contributed by atoms with van der Waals surface area (Å²) in [5.41, 5.74) is 5.97. The van der Waals surface area contributed by atoms with Crippen LogP contribution in [0.5, 0.6) is 0 Å². The van der Waals surface area contributed by atoms with E-state index in [4.69, 9.17) is 52.1 Å². The number of anilines is 2. The number of nitrogens with one attached hydrogen (secondary N) is 1. The zero-order valence-corrected chi connectivity index (χ0v) is 20.5. The number of Topliss-reactive ketones (excluding diaryl/α,β-unsaturated/α-hetero) is 1. The number of carbonyl (C=O) groups excluding carboxylic acids is 2. The van der Waals surface area contributed by atoms with Crippen LogP contribution in [0.15, 0.2) is 48.5 Å². The summed E-state index contributed by atoms with van der Waals surface area (Å²) in [4.78, 5) is 25.7. The Bertz CT molecular complexity index is 1340. The lowest BCUT2D eigenvalue weighted by atomic mass is 10.0. The van der Waals surface area contributed by atoms with Gasteiger partial charge in [-0.25, -0.2) is 13.2 Å². The maximum Gasteiger partial charge on any atom is 0.231 e. The molecule has 1 fully saturated rings. The molecule has 1 amide bonds. The molecule has 1 saturated carbocycles. The van der Waals surface area contributed by atoms with Gasteiger partial charge in [-0.15, -0.1) is 23.2 Å². The summed E-state index contributed by atoms with van der Waals surface area (Å²) in [5, 5.41) is 2.56. The molecule has 0 aliphatic heterocycles. The molecule has 11 heteroatoms. The van der Waals surface area contributed by atoms with Crippen molar-refractivity contribution in [1.82, 2.24) is 0 Å². The van der Waals surface area contributed by atoms with E-state index in [-0.39, 0.29) is 32.5 Å². The minimum absolute atomic E-state index is 0.00624. The maximum absolute atomic E-state index is 14.1. The summed E-state index contributed by atoms with van der Waals surface area (Å²) in [6, 6.07) is 9.65. The Morgan fingerprint density at radius 3 is 2.31 bits per heavy atom. The Kier molecular flexibility index (Phi) is 6.99. The Hall–Kier alpha value is -2.45. The Labute approximate surface area is 218 Å². The highest BCUT2D eigenvalue weighted by Crippen LogP contribution is 2.65. The van der Waals surface area contributed by atoms with Crippen molar-refractivity contribution in [3.63, 3.8) is 0 Å². The van der Waals surface area contributed by atoms with Gasteiger partial charge in [0.15, 0.2) is 5.78 Å². The van der Waals surface area contributed by atoms with E-state index in [1.165, 1.54) is 30.3 Å². The third-order valence-corrected chi connectivity index (χ3v) is 7.26. The molecule has 1 aliphatic rings. The molecule has 3 N–H and O–H groups in total. The quantitative estimate of drug-likeness (QED) is 0.194. The average Bonchev–Trinajstić information content (AvgIpc) is 3.35. The van der Waals surface area contributed by atoms with E-state index in [9.17, 15) is 22.8 Å². The van der Waals surface area contributed by atoms with Crippen LogP contribution < -0.4 is 11.1 Å². The molecule has 3 aromatic carbocycles. The molecular formula is C24H15Cl4F3N2O2. The molecule has 182 valence electrons. The predicted octanol–water partition coefficient (Wildman–Crippen LogP) is 6.94. The number of carbonyl (C=O) groups is 2. The van der Waals surface area contributed by atoms with Crippen molar-refractivity contribution in [3.8, 4) is 0 Å². The number of alkyl halides is 2. The molecule has 35 heavy (non-hydrogen) atoms. The third kappa shape index (κ3) is 5.09. The summed E-state index contributed by atoms with van der Waals surface area (Å²) in [7, 11) is 0. The van der Waals surface area contributed by atoms with Crippen LogP contribution in [-0.4, -0.2) is 16.0 Å². The number of benzene rings is 3. The molecule has 0 radical (unpaired) electrons. The molecule has 4 nitrogen and oxygen atoms in total. The molecule has 2 atom stereocenters. The molecule has 0 unspecified atom stereocenters. The highest BCUT2D eigenvalue weighted by molar-refractivity contribution is 6.53. The second-order valence-electron chi connectivity index (χ2n) is 8.04. The highest BCUT2D eigenvalue weighted by atomic mass is 35.5. The SMILES string of the molecule is Nc1cc(F)cc(F)c1CC(=O)c1cc(NC(=O)[C@H]2[C@H](c3ccc(F)c(Cl)c3)C2(Cl)Cl)ccc1Cl. The van der Waals surface area contributed by atoms with E-state index in [1.807, 2.05) is 0 Å². The van der Waals surface area contributed by atoms with Crippen LogP contribution >= 0.6 is 46.4 Å². The lowest BCUT2D eigenvalue weighted by Gasteiger charge is -2.11. The normalized spacial score (nSPS) is 18.3. The molecule has 0 heterocycles. The second kappa shape index (κ2) is 9.54. The Morgan fingerprint density at radius 2 is 1.66 bits per heavy atom. The fourth-order valence-corrected chi connectivity index (χ4v) is 5.12. The van der Waals surface area contributed by atoms with Crippen molar-refractivity contribution in [2.75, 3.05) is 11.1 Å². The summed E-state index contributed by atoms with van der Waals surface area (Å²) >= 11 is 24.6. The van der Waals surface area contributed by atoms with Gasteiger partial charge < -0.3 is 11.1 Å². The smallest absolute Gasteiger partial charge is 0.231 e. The molecule has 1 aliphatic carbocycles. The summed E-state index contributed by atoms with van der Waals surface area (Å²) in [6.07, 6.45) is -0.475. The van der Waals surface area contributed by atoms with Crippen LogP contribution in [-0.2, 0) is 11.2 Å². The Morgan fingerprint density at radius 1 is 0.943 bits per heavy atom. The number of nitrogen functional groups attached to an aromatic ring is 1. The first-order valence-electron chi connectivity index (χ1n) is 10.1. The van der Waals surface area contributed by atoms with Crippen LogP contribution in [0.25, 0.3) is 0 Å². The molecule has 0 bridgehead atoms. The third-order valence-electron chi connectivity index (χ3n) is 5.71. The molecule has 0 saturated heterocycles. The molecular weight excluding hydrogens is 547 g/mol. The fraction of sp³-hybridized carbons (Fsp3) is 0.167. The number of hydrogen-bond donors (Lipinski definition) is 2. The van der Waals surface area contributed by atoms with Gasteiger partial charge in [-0.1, -0.05) is 29.3 Å². The minimum Gasteiger partial charge on any atom is -0.398 e. The van der Waals surface area contributed by atoms with Gasteiger partial charge in [0.25, 0.3) is 0 Å². The summed E-state index contributed by atoms with van der Waals surface area (Å²) in [6.45, 7) is 0. The molecule has 4 rings (SSSR count). The topological polar surface area (TPSA) is 72.2 Å². The summed E-state index contributed by atoms with van der Waals surface area (Å²) < 4.78 is 39.5. The van der Waals surface area contributed by atoms with Gasteiger partial charge in [0.05, 0.1) is 16.0 Å². The zero-order chi connectivity index (χ0) is 25.7. The fourth-order valence-electron chi connectivity index (χ4n) is 3.88. The van der Waals surface area contributed by atoms with Crippen molar-refractivity contribution >= 4 is 69.5 Å². The minimum atomic E-state index is -1.45. The zero-order valence-electron chi connectivity index (χ0n) is 17.5. The maximum atomic E-state index is 14.1. The van der Waals surface area contributed by atoms with Gasteiger partial charge in [-0.05, 0) is 42.0 Å².